The van der Waals surface area contributed by atoms with Gasteiger partial charge in [-0.05, 0) is 54.5 Å². The highest BCUT2D eigenvalue weighted by Crippen LogP contribution is 2.39. The molecule has 0 spiro atoms. The van der Waals surface area contributed by atoms with Crippen LogP contribution in [0.1, 0.15) is 37.3 Å². The van der Waals surface area contributed by atoms with Gasteiger partial charge in [0.15, 0.2) is 0 Å². The summed E-state index contributed by atoms with van der Waals surface area (Å²) in [5, 5.41) is 7.86. The van der Waals surface area contributed by atoms with Crippen LogP contribution >= 0.6 is 0 Å². The number of carbonyl (C=O) groups excluding carboxylic acids is 1. The van der Waals surface area contributed by atoms with Crippen molar-refractivity contribution in [2.24, 2.45) is 13.0 Å². The van der Waals surface area contributed by atoms with Crippen LogP contribution in [0.5, 0.6) is 5.75 Å². The zero-order valence-corrected chi connectivity index (χ0v) is 19.6. The van der Waals surface area contributed by atoms with Crippen LogP contribution in [0.2, 0.25) is 0 Å². The molecule has 8 nitrogen and oxygen atoms in total. The number of aryl methyl sites for hydroxylation is 1. The van der Waals surface area contributed by atoms with E-state index in [0.29, 0.717) is 11.7 Å². The molecule has 2 aromatic heterocycles. The standard InChI is InChI=1S/C27H25N5O2.H3N/c1-32-26(31-25-16-28-15-24(30-25)20-6-7-20)23(14-29-32)19-4-2-17(3-5-19)18-10-12-22(13-11-18)34-27(33)21-8-9-21;/h2-5,10-16,20-21H,6-9H2,1H3,(H,30,31);1H3. The summed E-state index contributed by atoms with van der Waals surface area (Å²) in [5.41, 5.74) is 5.25. The van der Waals surface area contributed by atoms with E-state index in [1.165, 1.54) is 12.8 Å². The minimum absolute atomic E-state index is 0. The topological polar surface area (TPSA) is 117 Å². The molecule has 0 atom stereocenters. The summed E-state index contributed by atoms with van der Waals surface area (Å²) in [6.45, 7) is 0. The van der Waals surface area contributed by atoms with E-state index in [-0.39, 0.29) is 18.0 Å². The smallest absolute Gasteiger partial charge is 0.314 e. The van der Waals surface area contributed by atoms with Crippen molar-refractivity contribution in [1.29, 1.82) is 0 Å². The number of hydrogen-bond acceptors (Lipinski definition) is 7. The number of esters is 1. The normalized spacial score (nSPS) is 14.8. The number of rotatable bonds is 7. The molecule has 2 aliphatic rings. The first-order chi connectivity index (χ1) is 16.6. The molecule has 6 rings (SSSR count). The first-order valence-electron chi connectivity index (χ1n) is 11.7. The lowest BCUT2D eigenvalue weighted by Gasteiger charge is -2.10. The molecule has 8 heteroatoms. The van der Waals surface area contributed by atoms with E-state index in [2.05, 4.69) is 39.7 Å². The Morgan fingerprint density at radius 3 is 2.23 bits per heavy atom. The maximum absolute atomic E-state index is 11.9. The molecule has 2 fully saturated rings. The van der Waals surface area contributed by atoms with Crippen molar-refractivity contribution in [2.75, 3.05) is 5.32 Å². The fourth-order valence-electron chi connectivity index (χ4n) is 4.01. The maximum atomic E-state index is 11.9. The Labute approximate surface area is 204 Å². The predicted octanol–water partition coefficient (Wildman–Crippen LogP) is 5.64. The Morgan fingerprint density at radius 2 is 1.57 bits per heavy atom. The molecular formula is C27H28N6O2. The predicted molar refractivity (Wildman–Crippen MR) is 135 cm³/mol. The molecule has 0 amide bonds. The molecule has 2 saturated carbocycles. The van der Waals surface area contributed by atoms with Gasteiger partial charge in [-0.2, -0.15) is 5.10 Å². The van der Waals surface area contributed by atoms with Crippen molar-refractivity contribution in [3.05, 3.63) is 72.8 Å². The van der Waals surface area contributed by atoms with E-state index in [4.69, 9.17) is 9.72 Å². The number of anilines is 2. The van der Waals surface area contributed by atoms with Crippen molar-refractivity contribution in [3.8, 4) is 28.0 Å². The lowest BCUT2D eigenvalue weighted by molar-refractivity contribution is -0.135. The van der Waals surface area contributed by atoms with E-state index in [9.17, 15) is 4.79 Å². The molecule has 2 aliphatic carbocycles. The largest absolute Gasteiger partial charge is 0.426 e. The highest BCUT2D eigenvalue weighted by Gasteiger charge is 2.31. The summed E-state index contributed by atoms with van der Waals surface area (Å²) < 4.78 is 7.25. The molecular weight excluding hydrogens is 440 g/mol. The SMILES string of the molecule is Cn1ncc(-c2ccc(-c3ccc(OC(=O)C4CC4)cc3)cc2)c1Nc1cncc(C2CC2)n1.N. The fourth-order valence-corrected chi connectivity index (χ4v) is 4.01. The molecule has 0 saturated heterocycles. The van der Waals surface area contributed by atoms with Crippen LogP contribution in [-0.2, 0) is 11.8 Å². The van der Waals surface area contributed by atoms with Crippen LogP contribution in [0.4, 0.5) is 11.6 Å². The first kappa shape index (κ1) is 22.7. The zero-order chi connectivity index (χ0) is 23.1. The van der Waals surface area contributed by atoms with Crippen LogP contribution in [0.15, 0.2) is 67.1 Å². The fraction of sp³-hybridized carbons (Fsp3) is 0.259. The third kappa shape index (κ3) is 4.93. The van der Waals surface area contributed by atoms with Gasteiger partial charge in [0.1, 0.15) is 17.4 Å². The van der Waals surface area contributed by atoms with Crippen molar-refractivity contribution >= 4 is 17.6 Å². The average Bonchev–Trinajstić information content (AvgIpc) is 3.78. The van der Waals surface area contributed by atoms with Gasteiger partial charge in [-0.15, -0.1) is 0 Å². The highest BCUT2D eigenvalue weighted by atomic mass is 16.5. The van der Waals surface area contributed by atoms with Crippen molar-refractivity contribution in [2.45, 2.75) is 31.6 Å². The second-order valence-corrected chi connectivity index (χ2v) is 9.06. The van der Waals surface area contributed by atoms with Gasteiger partial charge in [0.2, 0.25) is 0 Å². The quantitative estimate of drug-likeness (QED) is 0.266. The second-order valence-electron chi connectivity index (χ2n) is 9.06. The van der Waals surface area contributed by atoms with E-state index in [1.54, 1.807) is 6.20 Å². The first-order valence-corrected chi connectivity index (χ1v) is 11.7. The molecule has 2 heterocycles. The average molecular weight is 469 g/mol. The number of aromatic nitrogens is 4. The van der Waals surface area contributed by atoms with Gasteiger partial charge in [0.05, 0.1) is 24.0 Å². The summed E-state index contributed by atoms with van der Waals surface area (Å²) in [7, 11) is 1.91. The molecule has 0 unspecified atom stereocenters. The van der Waals surface area contributed by atoms with Gasteiger partial charge in [-0.1, -0.05) is 36.4 Å². The number of nitrogens with one attached hydrogen (secondary N) is 1. The molecule has 35 heavy (non-hydrogen) atoms. The maximum Gasteiger partial charge on any atom is 0.314 e. The molecule has 0 aliphatic heterocycles. The Morgan fingerprint density at radius 1 is 0.914 bits per heavy atom. The molecule has 2 aromatic carbocycles. The van der Waals surface area contributed by atoms with Crippen LogP contribution in [0.25, 0.3) is 22.3 Å². The summed E-state index contributed by atoms with van der Waals surface area (Å²) >= 11 is 0. The van der Waals surface area contributed by atoms with Gasteiger partial charge >= 0.3 is 5.97 Å². The minimum Gasteiger partial charge on any atom is -0.426 e. The van der Waals surface area contributed by atoms with Crippen molar-refractivity contribution in [1.82, 2.24) is 25.9 Å². The third-order valence-corrected chi connectivity index (χ3v) is 6.35. The number of carbonyl (C=O) groups is 1. The summed E-state index contributed by atoms with van der Waals surface area (Å²) in [6.07, 6.45) is 9.73. The van der Waals surface area contributed by atoms with Crippen LogP contribution in [-0.4, -0.2) is 25.7 Å². The monoisotopic (exact) mass is 468 g/mol. The Kier molecular flexibility index (Phi) is 6.05. The van der Waals surface area contributed by atoms with E-state index in [1.807, 2.05) is 48.4 Å². The zero-order valence-electron chi connectivity index (χ0n) is 19.6. The van der Waals surface area contributed by atoms with Gasteiger partial charge in [-0.3, -0.25) is 14.5 Å². The Hall–Kier alpha value is -4.04. The summed E-state index contributed by atoms with van der Waals surface area (Å²) in [4.78, 5) is 20.9. The molecule has 4 N–H and O–H groups in total. The summed E-state index contributed by atoms with van der Waals surface area (Å²) in [6, 6.07) is 16.0. The summed E-state index contributed by atoms with van der Waals surface area (Å²) in [5.74, 6) is 2.71. The second kappa shape index (κ2) is 9.31. The molecule has 4 aromatic rings. The molecule has 178 valence electrons. The number of hydrogen-bond donors (Lipinski definition) is 2. The number of nitrogens with zero attached hydrogens (tertiary/aromatic N) is 4. The van der Waals surface area contributed by atoms with E-state index >= 15 is 0 Å². The van der Waals surface area contributed by atoms with Gasteiger partial charge in [0, 0.05) is 24.7 Å². The van der Waals surface area contributed by atoms with Gasteiger partial charge in [-0.25, -0.2) is 4.98 Å². The van der Waals surface area contributed by atoms with Gasteiger partial charge in [0.25, 0.3) is 0 Å². The highest BCUT2D eigenvalue weighted by molar-refractivity contribution is 5.80. The van der Waals surface area contributed by atoms with Crippen molar-refractivity contribution < 1.29 is 9.53 Å². The minimum atomic E-state index is -0.122. The van der Waals surface area contributed by atoms with Crippen LogP contribution in [0, 0.1) is 5.92 Å². The van der Waals surface area contributed by atoms with Crippen molar-refractivity contribution in [3.63, 3.8) is 0 Å². The lowest BCUT2D eigenvalue weighted by atomic mass is 10.0. The van der Waals surface area contributed by atoms with E-state index in [0.717, 1.165) is 52.4 Å². The lowest BCUT2D eigenvalue weighted by Crippen LogP contribution is -2.09. The number of benzene rings is 2. The van der Waals surface area contributed by atoms with Crippen LogP contribution in [0.3, 0.4) is 0 Å². The molecule has 0 radical (unpaired) electrons. The van der Waals surface area contributed by atoms with E-state index < -0.39 is 0 Å². The Bertz CT molecular complexity index is 1340. The third-order valence-electron chi connectivity index (χ3n) is 6.35. The van der Waals surface area contributed by atoms with Crippen LogP contribution < -0.4 is 16.2 Å². The Balaban J connectivity index is 0.00000253. The number of ether oxygens (including phenoxy) is 1. The van der Waals surface area contributed by atoms with Gasteiger partial charge < -0.3 is 16.2 Å². The molecule has 0 bridgehead atoms.